The molecule has 20 heavy (non-hydrogen) atoms. The van der Waals surface area contributed by atoms with Crippen molar-refractivity contribution in [3.8, 4) is 5.75 Å². The molecule has 0 aliphatic heterocycles. The Labute approximate surface area is 120 Å². The first kappa shape index (κ1) is 16.6. The van der Waals surface area contributed by atoms with E-state index in [0.29, 0.717) is 24.4 Å². The van der Waals surface area contributed by atoms with Crippen LogP contribution in [-0.4, -0.2) is 23.9 Å². The quantitative estimate of drug-likeness (QED) is 0.641. The van der Waals surface area contributed by atoms with Crippen molar-refractivity contribution in [1.29, 1.82) is 0 Å². The Morgan fingerprint density at radius 3 is 2.65 bits per heavy atom. The third kappa shape index (κ3) is 4.27. The summed E-state index contributed by atoms with van der Waals surface area (Å²) in [5.41, 5.74) is 6.54. The van der Waals surface area contributed by atoms with Gasteiger partial charge in [0.25, 0.3) is 0 Å². The van der Waals surface area contributed by atoms with Crippen LogP contribution in [-0.2, 0) is 0 Å². The van der Waals surface area contributed by atoms with Crippen molar-refractivity contribution in [2.24, 2.45) is 0 Å². The van der Waals surface area contributed by atoms with E-state index in [2.05, 4.69) is 5.32 Å². The second-order valence-electron chi connectivity index (χ2n) is 5.23. The van der Waals surface area contributed by atoms with E-state index in [9.17, 15) is 4.39 Å². The predicted molar refractivity (Wildman–Crippen MR) is 80.6 cm³/mol. The summed E-state index contributed by atoms with van der Waals surface area (Å²) >= 11 is 0. The molecule has 5 heteroatoms. The van der Waals surface area contributed by atoms with Gasteiger partial charge < -0.3 is 20.9 Å². The van der Waals surface area contributed by atoms with E-state index in [4.69, 9.17) is 15.6 Å². The van der Waals surface area contributed by atoms with Crippen molar-refractivity contribution in [1.82, 2.24) is 0 Å². The highest BCUT2D eigenvalue weighted by Crippen LogP contribution is 2.32. The number of aliphatic hydroxyl groups excluding tert-OH is 1. The van der Waals surface area contributed by atoms with Gasteiger partial charge in [-0.05, 0) is 26.2 Å². The van der Waals surface area contributed by atoms with E-state index in [-0.39, 0.29) is 17.9 Å². The van der Waals surface area contributed by atoms with Crippen molar-refractivity contribution in [2.75, 3.05) is 24.3 Å². The lowest BCUT2D eigenvalue weighted by Gasteiger charge is -2.31. The molecule has 0 bridgehead atoms. The Morgan fingerprint density at radius 1 is 1.40 bits per heavy atom. The number of nitrogens with one attached hydrogen (secondary N) is 1. The Balaban J connectivity index is 2.99. The summed E-state index contributed by atoms with van der Waals surface area (Å²) < 4.78 is 19.1. The van der Waals surface area contributed by atoms with Crippen LogP contribution in [0.5, 0.6) is 5.75 Å². The minimum absolute atomic E-state index is 0.0810. The molecule has 1 aromatic rings. The Hall–Kier alpha value is -1.49. The predicted octanol–water partition coefficient (Wildman–Crippen LogP) is 3.16. The maximum absolute atomic E-state index is 13.7. The largest absolute Gasteiger partial charge is 0.490 e. The highest BCUT2D eigenvalue weighted by atomic mass is 19.1. The second kappa shape index (κ2) is 7.33. The molecule has 4 N–H and O–H groups in total. The number of aliphatic hydroxyl groups is 1. The van der Waals surface area contributed by atoms with Gasteiger partial charge in [-0.1, -0.05) is 13.8 Å². The van der Waals surface area contributed by atoms with Crippen LogP contribution in [0.1, 0.15) is 40.0 Å². The average molecular weight is 284 g/mol. The first-order valence-corrected chi connectivity index (χ1v) is 7.06. The van der Waals surface area contributed by atoms with Crippen LogP contribution in [0.2, 0.25) is 0 Å². The molecule has 0 aromatic heterocycles. The normalized spacial score (nSPS) is 13.8. The van der Waals surface area contributed by atoms with Gasteiger partial charge in [-0.15, -0.1) is 0 Å². The van der Waals surface area contributed by atoms with Gasteiger partial charge >= 0.3 is 0 Å². The standard InChI is InChI=1S/C15H25FN2O2/c1-4-8-20-14-10-13(12(17)9-11(14)16)18-15(3,5-2)6-7-19/h9-10,18-19H,4-8,17H2,1-3H3. The van der Waals surface area contributed by atoms with Crippen LogP contribution in [0.4, 0.5) is 15.8 Å². The third-order valence-electron chi connectivity index (χ3n) is 3.45. The van der Waals surface area contributed by atoms with Gasteiger partial charge in [-0.3, -0.25) is 0 Å². The molecular formula is C15H25FN2O2. The minimum atomic E-state index is -0.457. The van der Waals surface area contributed by atoms with Crippen molar-refractivity contribution in [2.45, 2.75) is 45.6 Å². The van der Waals surface area contributed by atoms with E-state index in [1.165, 1.54) is 6.07 Å². The zero-order chi connectivity index (χ0) is 15.2. The first-order valence-electron chi connectivity index (χ1n) is 7.06. The Kier molecular flexibility index (Phi) is 6.07. The lowest BCUT2D eigenvalue weighted by atomic mass is 9.94. The summed E-state index contributed by atoms with van der Waals surface area (Å²) in [5.74, 6) is -0.257. The summed E-state index contributed by atoms with van der Waals surface area (Å²) in [6.45, 7) is 6.53. The molecule has 0 aliphatic carbocycles. The SMILES string of the molecule is CCCOc1cc(NC(C)(CC)CCO)c(N)cc1F. The fourth-order valence-electron chi connectivity index (χ4n) is 1.90. The summed E-state index contributed by atoms with van der Waals surface area (Å²) in [4.78, 5) is 0. The number of rotatable bonds is 8. The first-order chi connectivity index (χ1) is 9.45. The fraction of sp³-hybridized carbons (Fsp3) is 0.600. The fourth-order valence-corrected chi connectivity index (χ4v) is 1.90. The molecular weight excluding hydrogens is 259 g/mol. The maximum Gasteiger partial charge on any atom is 0.167 e. The molecule has 1 unspecified atom stereocenters. The Morgan fingerprint density at radius 2 is 2.10 bits per heavy atom. The maximum atomic E-state index is 13.7. The van der Waals surface area contributed by atoms with E-state index < -0.39 is 5.82 Å². The number of hydrogen-bond acceptors (Lipinski definition) is 4. The van der Waals surface area contributed by atoms with E-state index in [0.717, 1.165) is 12.8 Å². The molecule has 0 aliphatic rings. The number of nitrogen functional groups attached to an aromatic ring is 1. The van der Waals surface area contributed by atoms with Crippen LogP contribution in [0, 0.1) is 5.82 Å². The highest BCUT2D eigenvalue weighted by molar-refractivity contribution is 5.69. The van der Waals surface area contributed by atoms with Crippen molar-refractivity contribution in [3.05, 3.63) is 17.9 Å². The van der Waals surface area contributed by atoms with Crippen LogP contribution in [0.3, 0.4) is 0 Å². The van der Waals surface area contributed by atoms with E-state index in [1.54, 1.807) is 6.07 Å². The lowest BCUT2D eigenvalue weighted by Crippen LogP contribution is -2.35. The van der Waals surface area contributed by atoms with Gasteiger partial charge in [0.2, 0.25) is 0 Å². The van der Waals surface area contributed by atoms with Crippen molar-refractivity contribution >= 4 is 11.4 Å². The molecule has 1 aromatic carbocycles. The number of anilines is 2. The summed E-state index contributed by atoms with van der Waals surface area (Å²) in [6, 6.07) is 2.86. The lowest BCUT2D eigenvalue weighted by molar-refractivity contribution is 0.252. The van der Waals surface area contributed by atoms with Gasteiger partial charge in [-0.2, -0.15) is 0 Å². The number of benzene rings is 1. The molecule has 0 saturated carbocycles. The summed E-state index contributed by atoms with van der Waals surface area (Å²) in [6.07, 6.45) is 2.21. The van der Waals surface area contributed by atoms with Gasteiger partial charge in [0.1, 0.15) is 0 Å². The number of halogens is 1. The van der Waals surface area contributed by atoms with Crippen LogP contribution in [0.15, 0.2) is 12.1 Å². The second-order valence-corrected chi connectivity index (χ2v) is 5.23. The number of hydrogen-bond donors (Lipinski definition) is 3. The van der Waals surface area contributed by atoms with Crippen LogP contribution < -0.4 is 15.8 Å². The topological polar surface area (TPSA) is 67.5 Å². The molecule has 114 valence electrons. The van der Waals surface area contributed by atoms with Crippen molar-refractivity contribution < 1.29 is 14.2 Å². The molecule has 0 spiro atoms. The van der Waals surface area contributed by atoms with E-state index in [1.807, 2.05) is 20.8 Å². The zero-order valence-corrected chi connectivity index (χ0v) is 12.5. The van der Waals surface area contributed by atoms with Crippen LogP contribution >= 0.6 is 0 Å². The molecule has 0 fully saturated rings. The number of ether oxygens (including phenoxy) is 1. The monoisotopic (exact) mass is 284 g/mol. The van der Waals surface area contributed by atoms with Gasteiger partial charge in [0, 0.05) is 24.3 Å². The van der Waals surface area contributed by atoms with Crippen molar-refractivity contribution in [3.63, 3.8) is 0 Å². The van der Waals surface area contributed by atoms with Gasteiger partial charge in [-0.25, -0.2) is 4.39 Å². The third-order valence-corrected chi connectivity index (χ3v) is 3.45. The molecule has 0 saturated heterocycles. The molecule has 0 radical (unpaired) electrons. The van der Waals surface area contributed by atoms with Gasteiger partial charge in [0.15, 0.2) is 11.6 Å². The molecule has 1 atom stereocenters. The summed E-state index contributed by atoms with van der Waals surface area (Å²) in [7, 11) is 0. The molecule has 4 nitrogen and oxygen atoms in total. The molecule has 0 amide bonds. The molecule has 1 rings (SSSR count). The Bertz CT molecular complexity index is 440. The van der Waals surface area contributed by atoms with Crippen LogP contribution in [0.25, 0.3) is 0 Å². The number of nitrogens with two attached hydrogens (primary N) is 1. The van der Waals surface area contributed by atoms with E-state index >= 15 is 0 Å². The minimum Gasteiger partial charge on any atom is -0.490 e. The average Bonchev–Trinajstić information content (AvgIpc) is 2.41. The highest BCUT2D eigenvalue weighted by Gasteiger charge is 2.22. The van der Waals surface area contributed by atoms with Gasteiger partial charge in [0.05, 0.1) is 18.0 Å². The smallest absolute Gasteiger partial charge is 0.167 e. The summed E-state index contributed by atoms with van der Waals surface area (Å²) in [5, 5.41) is 12.4. The molecule has 0 heterocycles. The zero-order valence-electron chi connectivity index (χ0n) is 12.5.